The molecule has 9 nitrogen and oxygen atoms in total. The maximum atomic E-state index is 12.5. The van der Waals surface area contributed by atoms with Crippen molar-refractivity contribution in [1.82, 2.24) is 20.0 Å². The molecule has 10 heteroatoms. The minimum atomic E-state index is -0.430. The molecule has 1 atom stereocenters. The van der Waals surface area contributed by atoms with Crippen LogP contribution in [0.15, 0.2) is 40.1 Å². The summed E-state index contributed by atoms with van der Waals surface area (Å²) >= 11 is 1.19. The Morgan fingerprint density at radius 2 is 2.00 bits per heavy atom. The third kappa shape index (κ3) is 3.68. The van der Waals surface area contributed by atoms with E-state index >= 15 is 0 Å². The van der Waals surface area contributed by atoms with Gasteiger partial charge in [-0.15, -0.1) is 10.2 Å². The molecule has 1 aliphatic rings. The standard InChI is InChI=1S/C18H19N5O4S/c1-10(2)23-15(6-7-19-23)20-16(24)11(3)28-18-22-21-17(27-18)12-4-5-13-14(8-12)26-9-25-13/h4-8,10-11H,9H2,1-3H3,(H,20,24)/t11-/m1/s1. The van der Waals surface area contributed by atoms with Gasteiger partial charge in [0.25, 0.3) is 5.22 Å². The summed E-state index contributed by atoms with van der Waals surface area (Å²) in [5.74, 6) is 2.16. The third-order valence-electron chi connectivity index (χ3n) is 4.08. The lowest BCUT2D eigenvalue weighted by atomic mass is 10.2. The Kier molecular flexibility index (Phi) is 4.95. The average Bonchev–Trinajstić information content (AvgIpc) is 3.41. The molecule has 3 aromatic rings. The van der Waals surface area contributed by atoms with E-state index in [-0.39, 0.29) is 18.7 Å². The van der Waals surface area contributed by atoms with Crippen LogP contribution in [0.3, 0.4) is 0 Å². The molecule has 1 N–H and O–H groups in total. The van der Waals surface area contributed by atoms with Crippen LogP contribution in [-0.4, -0.2) is 37.9 Å². The molecular formula is C18H19N5O4S. The van der Waals surface area contributed by atoms with Crippen molar-refractivity contribution in [2.75, 3.05) is 12.1 Å². The summed E-state index contributed by atoms with van der Waals surface area (Å²) in [4.78, 5) is 12.5. The van der Waals surface area contributed by atoms with Crippen LogP contribution < -0.4 is 14.8 Å². The number of fused-ring (bicyclic) bond motifs is 1. The summed E-state index contributed by atoms with van der Waals surface area (Å²) in [7, 11) is 0. The second kappa shape index (κ2) is 7.55. The van der Waals surface area contributed by atoms with E-state index in [0.717, 1.165) is 5.56 Å². The number of carbonyl (C=O) groups excluding carboxylic acids is 1. The largest absolute Gasteiger partial charge is 0.454 e. The predicted octanol–water partition coefficient (Wildman–Crippen LogP) is 3.36. The van der Waals surface area contributed by atoms with Gasteiger partial charge in [0.2, 0.25) is 18.6 Å². The minimum absolute atomic E-state index is 0.147. The molecule has 1 aromatic carbocycles. The van der Waals surface area contributed by atoms with E-state index in [4.69, 9.17) is 13.9 Å². The van der Waals surface area contributed by atoms with Gasteiger partial charge in [0.1, 0.15) is 5.82 Å². The smallest absolute Gasteiger partial charge is 0.277 e. The van der Waals surface area contributed by atoms with Gasteiger partial charge in [-0.25, -0.2) is 4.68 Å². The highest BCUT2D eigenvalue weighted by Crippen LogP contribution is 2.36. The Morgan fingerprint density at radius 1 is 1.18 bits per heavy atom. The topological polar surface area (TPSA) is 104 Å². The fourth-order valence-electron chi connectivity index (χ4n) is 2.66. The summed E-state index contributed by atoms with van der Waals surface area (Å²) in [5, 5.41) is 15.1. The summed E-state index contributed by atoms with van der Waals surface area (Å²) in [6.45, 7) is 5.97. The van der Waals surface area contributed by atoms with Gasteiger partial charge in [-0.05, 0) is 39.0 Å². The van der Waals surface area contributed by atoms with Gasteiger partial charge in [0.15, 0.2) is 11.5 Å². The number of carbonyl (C=O) groups is 1. The van der Waals surface area contributed by atoms with Crippen molar-refractivity contribution in [1.29, 1.82) is 0 Å². The van der Waals surface area contributed by atoms with Crippen LogP contribution in [0.2, 0.25) is 0 Å². The number of amides is 1. The number of hydrogen-bond acceptors (Lipinski definition) is 8. The number of rotatable bonds is 6. The lowest BCUT2D eigenvalue weighted by Crippen LogP contribution is -2.24. The number of aromatic nitrogens is 4. The summed E-state index contributed by atoms with van der Waals surface area (Å²) in [5.41, 5.74) is 0.724. The van der Waals surface area contributed by atoms with Crippen molar-refractivity contribution in [2.45, 2.75) is 37.3 Å². The first-order valence-electron chi connectivity index (χ1n) is 8.76. The molecule has 0 saturated heterocycles. The Balaban J connectivity index is 1.42. The second-order valence-corrected chi connectivity index (χ2v) is 7.74. The first-order valence-corrected chi connectivity index (χ1v) is 9.64. The van der Waals surface area contributed by atoms with Crippen molar-refractivity contribution < 1.29 is 18.7 Å². The summed E-state index contributed by atoms with van der Waals surface area (Å²) < 4.78 is 18.1. The molecular weight excluding hydrogens is 382 g/mol. The first-order chi connectivity index (χ1) is 13.5. The van der Waals surface area contributed by atoms with Crippen molar-refractivity contribution >= 4 is 23.5 Å². The maximum absolute atomic E-state index is 12.5. The van der Waals surface area contributed by atoms with Crippen LogP contribution in [0.25, 0.3) is 11.5 Å². The molecule has 0 bridgehead atoms. The van der Waals surface area contributed by atoms with Crippen molar-refractivity contribution in [2.24, 2.45) is 0 Å². The number of hydrogen-bond donors (Lipinski definition) is 1. The lowest BCUT2D eigenvalue weighted by molar-refractivity contribution is -0.115. The van der Waals surface area contributed by atoms with Gasteiger partial charge in [0.05, 0.1) is 11.4 Å². The highest BCUT2D eigenvalue weighted by molar-refractivity contribution is 8.00. The maximum Gasteiger partial charge on any atom is 0.277 e. The van der Waals surface area contributed by atoms with E-state index in [1.807, 2.05) is 19.9 Å². The molecule has 3 heterocycles. The Bertz CT molecular complexity index is 1000. The van der Waals surface area contributed by atoms with E-state index < -0.39 is 5.25 Å². The molecule has 0 fully saturated rings. The molecule has 4 rings (SSSR count). The number of nitrogens with one attached hydrogen (secondary N) is 1. The number of benzene rings is 1. The van der Waals surface area contributed by atoms with E-state index in [9.17, 15) is 4.79 Å². The molecule has 0 aliphatic carbocycles. The monoisotopic (exact) mass is 401 g/mol. The molecule has 0 unspecified atom stereocenters. The van der Waals surface area contributed by atoms with Gasteiger partial charge in [-0.1, -0.05) is 11.8 Å². The molecule has 28 heavy (non-hydrogen) atoms. The van der Waals surface area contributed by atoms with Gasteiger partial charge < -0.3 is 19.2 Å². The number of nitrogens with zero attached hydrogens (tertiary/aromatic N) is 4. The fourth-order valence-corrected chi connectivity index (χ4v) is 3.34. The summed E-state index contributed by atoms with van der Waals surface area (Å²) in [6.07, 6.45) is 1.66. The van der Waals surface area contributed by atoms with Crippen molar-refractivity contribution in [3.8, 4) is 23.0 Å². The van der Waals surface area contributed by atoms with Gasteiger partial charge in [0, 0.05) is 17.7 Å². The molecule has 0 saturated carbocycles. The molecule has 0 spiro atoms. The molecule has 1 aliphatic heterocycles. The SMILES string of the molecule is CC(C)n1nccc1NC(=O)[C@@H](C)Sc1nnc(-c2ccc3c(c2)OCO3)o1. The molecule has 2 aromatic heterocycles. The summed E-state index contributed by atoms with van der Waals surface area (Å²) in [6, 6.07) is 7.31. The van der Waals surface area contributed by atoms with E-state index in [0.29, 0.717) is 28.4 Å². The van der Waals surface area contributed by atoms with Crippen LogP contribution >= 0.6 is 11.8 Å². The van der Waals surface area contributed by atoms with Crippen molar-refractivity contribution in [3.63, 3.8) is 0 Å². The zero-order valence-corrected chi connectivity index (χ0v) is 16.4. The fraction of sp³-hybridized carbons (Fsp3) is 0.333. The molecule has 1 amide bonds. The van der Waals surface area contributed by atoms with E-state index in [2.05, 4.69) is 20.6 Å². The van der Waals surface area contributed by atoms with Crippen LogP contribution in [0.1, 0.15) is 26.8 Å². The van der Waals surface area contributed by atoms with Crippen molar-refractivity contribution in [3.05, 3.63) is 30.5 Å². The third-order valence-corrected chi connectivity index (χ3v) is 5.02. The molecule has 0 radical (unpaired) electrons. The quantitative estimate of drug-likeness (QED) is 0.627. The highest BCUT2D eigenvalue weighted by Gasteiger charge is 2.21. The Hall–Kier alpha value is -3.01. The predicted molar refractivity (Wildman–Crippen MR) is 102 cm³/mol. The van der Waals surface area contributed by atoms with Crippen LogP contribution in [-0.2, 0) is 4.79 Å². The van der Waals surface area contributed by atoms with Gasteiger partial charge >= 0.3 is 0 Å². The first kappa shape index (κ1) is 18.4. The van der Waals surface area contributed by atoms with Crippen LogP contribution in [0, 0.1) is 0 Å². The second-order valence-electron chi connectivity index (χ2n) is 6.45. The molecule has 146 valence electrons. The van der Waals surface area contributed by atoms with Crippen LogP contribution in [0.4, 0.5) is 5.82 Å². The minimum Gasteiger partial charge on any atom is -0.454 e. The number of anilines is 1. The van der Waals surface area contributed by atoms with Gasteiger partial charge in [-0.3, -0.25) is 4.79 Å². The Morgan fingerprint density at radius 3 is 2.82 bits per heavy atom. The average molecular weight is 401 g/mol. The Labute approximate surface area is 165 Å². The highest BCUT2D eigenvalue weighted by atomic mass is 32.2. The zero-order chi connectivity index (χ0) is 19.7. The number of thioether (sulfide) groups is 1. The van der Waals surface area contributed by atoms with E-state index in [1.165, 1.54) is 11.8 Å². The van der Waals surface area contributed by atoms with Crippen LogP contribution in [0.5, 0.6) is 11.5 Å². The zero-order valence-electron chi connectivity index (χ0n) is 15.6. The number of ether oxygens (including phenoxy) is 2. The normalized spacial score (nSPS) is 13.7. The van der Waals surface area contributed by atoms with E-state index in [1.54, 1.807) is 36.0 Å². The van der Waals surface area contributed by atoms with Gasteiger partial charge in [-0.2, -0.15) is 5.10 Å². The lowest BCUT2D eigenvalue weighted by Gasteiger charge is -2.13.